The fourth-order valence-corrected chi connectivity index (χ4v) is 3.32. The Morgan fingerprint density at radius 3 is 2.43 bits per heavy atom. The van der Waals surface area contributed by atoms with Crippen LogP contribution in [0.1, 0.15) is 31.9 Å². The maximum absolute atomic E-state index is 13.1. The Kier molecular flexibility index (Phi) is 6.56. The Balaban J connectivity index is 1.93. The van der Waals surface area contributed by atoms with Crippen molar-refractivity contribution >= 4 is 22.8 Å². The molecule has 3 aromatic rings. The Morgan fingerprint density at radius 2 is 1.77 bits per heavy atom. The number of aliphatic carboxylic acids is 1. The number of hydrogen-bond donors (Lipinski definition) is 2. The van der Waals surface area contributed by atoms with Crippen LogP contribution in [0, 0.1) is 5.92 Å². The number of fused-ring (bicyclic) bond motifs is 1. The minimum atomic E-state index is -1.15. The molecule has 3 atom stereocenters. The molecule has 1 amide bonds. The van der Waals surface area contributed by atoms with Crippen LogP contribution in [0.3, 0.4) is 0 Å². The highest BCUT2D eigenvalue weighted by atomic mass is 16.4. The number of carbonyl (C=O) groups excluding carboxylic acids is 1. The van der Waals surface area contributed by atoms with Crippen molar-refractivity contribution in [1.82, 2.24) is 20.3 Å². The smallest absolute Gasteiger partial charge is 0.326 e. The van der Waals surface area contributed by atoms with Crippen molar-refractivity contribution in [2.45, 2.75) is 38.8 Å². The first-order chi connectivity index (χ1) is 14.4. The zero-order valence-electron chi connectivity index (χ0n) is 16.9. The van der Waals surface area contributed by atoms with E-state index < -0.39 is 29.5 Å². The molecular formula is C22H24N4O4. The number of aromatic nitrogens is 3. The molecule has 8 nitrogen and oxygen atoms in total. The zero-order valence-corrected chi connectivity index (χ0v) is 16.9. The molecule has 8 heteroatoms. The molecule has 0 radical (unpaired) electrons. The highest BCUT2D eigenvalue weighted by Gasteiger charge is 2.32. The second-order valence-electron chi connectivity index (χ2n) is 7.28. The fourth-order valence-electron chi connectivity index (χ4n) is 3.32. The van der Waals surface area contributed by atoms with Crippen molar-refractivity contribution < 1.29 is 14.7 Å². The SMILES string of the molecule is CC[C@H](C)[C@@H](C(=O)N[C@@H](Cc1ccccc1)C(=O)O)n1nnc2ccccc2c1=O. The summed E-state index contributed by atoms with van der Waals surface area (Å²) in [5, 5.41) is 20.6. The number of carbonyl (C=O) groups is 2. The predicted molar refractivity (Wildman–Crippen MR) is 112 cm³/mol. The molecule has 0 saturated heterocycles. The summed E-state index contributed by atoms with van der Waals surface area (Å²) in [4.78, 5) is 37.9. The number of amides is 1. The first kappa shape index (κ1) is 21.2. The molecular weight excluding hydrogens is 384 g/mol. The van der Waals surface area contributed by atoms with E-state index in [2.05, 4.69) is 15.6 Å². The average molecular weight is 408 g/mol. The van der Waals surface area contributed by atoms with Crippen LogP contribution in [-0.4, -0.2) is 38.0 Å². The lowest BCUT2D eigenvalue weighted by atomic mass is 9.97. The number of hydrogen-bond acceptors (Lipinski definition) is 5. The number of carboxylic acids is 1. The molecule has 0 bridgehead atoms. The second-order valence-corrected chi connectivity index (χ2v) is 7.28. The molecule has 2 aromatic carbocycles. The summed E-state index contributed by atoms with van der Waals surface area (Å²) in [6, 6.07) is 13.7. The molecule has 0 aliphatic carbocycles. The Hall–Kier alpha value is -3.55. The zero-order chi connectivity index (χ0) is 21.7. The minimum absolute atomic E-state index is 0.132. The maximum Gasteiger partial charge on any atom is 0.326 e. The summed E-state index contributed by atoms with van der Waals surface area (Å²) in [5.41, 5.74) is 0.790. The quantitative estimate of drug-likeness (QED) is 0.591. The van der Waals surface area contributed by atoms with Gasteiger partial charge in [0.1, 0.15) is 17.6 Å². The lowest BCUT2D eigenvalue weighted by Crippen LogP contribution is -2.48. The van der Waals surface area contributed by atoms with Crippen LogP contribution in [0.15, 0.2) is 59.4 Å². The monoisotopic (exact) mass is 408 g/mol. The highest BCUT2D eigenvalue weighted by Crippen LogP contribution is 2.20. The van der Waals surface area contributed by atoms with Crippen LogP contribution in [0.4, 0.5) is 0 Å². The van der Waals surface area contributed by atoms with Crippen LogP contribution in [0.25, 0.3) is 10.9 Å². The van der Waals surface area contributed by atoms with E-state index in [1.807, 2.05) is 32.0 Å². The van der Waals surface area contributed by atoms with Gasteiger partial charge < -0.3 is 10.4 Å². The van der Waals surface area contributed by atoms with Crippen LogP contribution in [-0.2, 0) is 16.0 Å². The first-order valence-corrected chi connectivity index (χ1v) is 9.83. The molecule has 156 valence electrons. The molecule has 1 heterocycles. The molecule has 30 heavy (non-hydrogen) atoms. The van der Waals surface area contributed by atoms with Crippen LogP contribution in [0.5, 0.6) is 0 Å². The van der Waals surface area contributed by atoms with Gasteiger partial charge in [0.15, 0.2) is 0 Å². The van der Waals surface area contributed by atoms with E-state index in [0.717, 1.165) is 10.2 Å². The average Bonchev–Trinajstić information content (AvgIpc) is 2.75. The van der Waals surface area contributed by atoms with Gasteiger partial charge in [0.05, 0.1) is 5.39 Å². The van der Waals surface area contributed by atoms with Gasteiger partial charge in [-0.25, -0.2) is 4.79 Å². The molecule has 0 aliphatic rings. The van der Waals surface area contributed by atoms with Crippen LogP contribution >= 0.6 is 0 Å². The van der Waals surface area contributed by atoms with Crippen molar-refractivity contribution in [2.24, 2.45) is 5.92 Å². The maximum atomic E-state index is 13.1. The number of nitrogens with one attached hydrogen (secondary N) is 1. The molecule has 2 N–H and O–H groups in total. The van der Waals surface area contributed by atoms with E-state index in [9.17, 15) is 19.5 Å². The first-order valence-electron chi connectivity index (χ1n) is 9.83. The number of rotatable bonds is 8. The van der Waals surface area contributed by atoms with E-state index in [4.69, 9.17) is 0 Å². The molecule has 1 aromatic heterocycles. The van der Waals surface area contributed by atoms with Gasteiger partial charge in [0.2, 0.25) is 5.91 Å². The van der Waals surface area contributed by atoms with Crippen molar-refractivity contribution in [1.29, 1.82) is 0 Å². The van der Waals surface area contributed by atoms with E-state index in [1.54, 1.807) is 36.4 Å². The molecule has 0 fully saturated rings. The highest BCUT2D eigenvalue weighted by molar-refractivity contribution is 5.86. The van der Waals surface area contributed by atoms with E-state index >= 15 is 0 Å². The van der Waals surface area contributed by atoms with Crippen molar-refractivity contribution in [2.75, 3.05) is 0 Å². The number of nitrogens with zero attached hydrogens (tertiary/aromatic N) is 3. The largest absolute Gasteiger partial charge is 0.480 e. The summed E-state index contributed by atoms with van der Waals surface area (Å²) in [7, 11) is 0. The standard InChI is InChI=1S/C22H24N4O4/c1-3-14(2)19(26-21(28)16-11-7-8-12-17(16)24-25-26)20(27)23-18(22(29)30)13-15-9-5-4-6-10-15/h4-12,14,18-19H,3,13H2,1-2H3,(H,23,27)(H,29,30)/t14-,18-,19-/m0/s1. The normalized spacial score (nSPS) is 14.1. The van der Waals surface area contributed by atoms with Crippen LogP contribution in [0.2, 0.25) is 0 Å². The Morgan fingerprint density at radius 1 is 1.10 bits per heavy atom. The molecule has 0 aliphatic heterocycles. The van der Waals surface area contributed by atoms with Gasteiger partial charge in [0, 0.05) is 6.42 Å². The van der Waals surface area contributed by atoms with E-state index in [0.29, 0.717) is 17.3 Å². The van der Waals surface area contributed by atoms with Gasteiger partial charge in [-0.15, -0.1) is 5.10 Å². The van der Waals surface area contributed by atoms with Gasteiger partial charge in [0.25, 0.3) is 5.56 Å². The number of benzene rings is 2. The van der Waals surface area contributed by atoms with Crippen molar-refractivity contribution in [3.8, 4) is 0 Å². The summed E-state index contributed by atoms with van der Waals surface area (Å²) in [5.74, 6) is -1.98. The predicted octanol–water partition coefficient (Wildman–Crippen LogP) is 2.19. The summed E-state index contributed by atoms with van der Waals surface area (Å²) >= 11 is 0. The van der Waals surface area contributed by atoms with E-state index in [-0.39, 0.29) is 12.3 Å². The summed E-state index contributed by atoms with van der Waals surface area (Å²) < 4.78 is 1.06. The molecule has 0 unspecified atom stereocenters. The summed E-state index contributed by atoms with van der Waals surface area (Å²) in [6.07, 6.45) is 0.725. The minimum Gasteiger partial charge on any atom is -0.480 e. The van der Waals surface area contributed by atoms with E-state index in [1.165, 1.54) is 0 Å². The van der Waals surface area contributed by atoms with Gasteiger partial charge >= 0.3 is 5.97 Å². The third-order valence-corrected chi connectivity index (χ3v) is 5.20. The third kappa shape index (κ3) is 4.53. The molecule has 0 saturated carbocycles. The lowest BCUT2D eigenvalue weighted by Gasteiger charge is -2.25. The molecule has 0 spiro atoms. The lowest BCUT2D eigenvalue weighted by molar-refractivity contribution is -0.142. The van der Waals surface area contributed by atoms with Gasteiger partial charge in [-0.1, -0.05) is 67.9 Å². The Bertz CT molecular complexity index is 1100. The number of carboxylic acid groups (broad SMARTS) is 1. The van der Waals surface area contributed by atoms with Crippen molar-refractivity contribution in [3.05, 3.63) is 70.5 Å². The van der Waals surface area contributed by atoms with Gasteiger partial charge in [-0.3, -0.25) is 9.59 Å². The fraction of sp³-hybridized carbons (Fsp3) is 0.318. The van der Waals surface area contributed by atoms with Crippen LogP contribution < -0.4 is 10.9 Å². The van der Waals surface area contributed by atoms with Gasteiger partial charge in [-0.2, -0.15) is 4.68 Å². The Labute approximate surface area is 173 Å². The molecule has 3 rings (SSSR count). The topological polar surface area (TPSA) is 114 Å². The second kappa shape index (κ2) is 9.30. The van der Waals surface area contributed by atoms with Crippen molar-refractivity contribution in [3.63, 3.8) is 0 Å². The van der Waals surface area contributed by atoms with Gasteiger partial charge in [-0.05, 0) is 23.6 Å². The third-order valence-electron chi connectivity index (χ3n) is 5.20. The summed E-state index contributed by atoms with van der Waals surface area (Å²) in [6.45, 7) is 3.71.